The Hall–Kier alpha value is -1.95. The smallest absolute Gasteiger partial charge is 0.354 e. The number of likely N-dealkylation sites (tertiary alicyclic amines) is 1. The van der Waals surface area contributed by atoms with Gasteiger partial charge in [0.15, 0.2) is 0 Å². The van der Waals surface area contributed by atoms with Gasteiger partial charge in [-0.2, -0.15) is 0 Å². The molecule has 1 amide bonds. The minimum atomic E-state index is -1.16. The zero-order valence-electron chi connectivity index (χ0n) is 9.74. The van der Waals surface area contributed by atoms with Gasteiger partial charge in [0, 0.05) is 6.54 Å². The Kier molecular flexibility index (Phi) is 3.57. The van der Waals surface area contributed by atoms with Crippen LogP contribution in [0.2, 0.25) is 0 Å². The van der Waals surface area contributed by atoms with E-state index < -0.39 is 5.97 Å². The van der Waals surface area contributed by atoms with Crippen molar-refractivity contribution >= 4 is 11.9 Å². The lowest BCUT2D eigenvalue weighted by atomic mass is 10.2. The number of carboxylic acid groups (broad SMARTS) is 1. The number of carbonyl (C=O) groups is 2. The molecular weight excluding hydrogens is 236 g/mol. The number of aromatic nitrogens is 1. The van der Waals surface area contributed by atoms with Gasteiger partial charge in [-0.25, -0.2) is 9.78 Å². The molecule has 0 aromatic carbocycles. The third-order valence-corrected chi connectivity index (χ3v) is 3.04. The van der Waals surface area contributed by atoms with E-state index in [1.807, 2.05) is 0 Å². The molecule has 2 N–H and O–H groups in total. The molecule has 1 fully saturated rings. The number of carbonyl (C=O) groups excluding carboxylic acids is 1. The number of carboxylic acids is 1. The molecular formula is C12H14N2O4. The van der Waals surface area contributed by atoms with Crippen LogP contribution in [-0.4, -0.2) is 51.2 Å². The first kappa shape index (κ1) is 12.5. The lowest BCUT2D eigenvalue weighted by Gasteiger charge is -2.22. The molecule has 2 rings (SSSR count). The van der Waals surface area contributed by atoms with Crippen LogP contribution in [0.4, 0.5) is 0 Å². The van der Waals surface area contributed by atoms with Gasteiger partial charge in [0.25, 0.3) is 5.91 Å². The van der Waals surface area contributed by atoms with Crippen molar-refractivity contribution < 1.29 is 19.8 Å². The monoisotopic (exact) mass is 250 g/mol. The largest absolute Gasteiger partial charge is 0.477 e. The molecule has 6 heteroatoms. The summed E-state index contributed by atoms with van der Waals surface area (Å²) in [6.07, 6.45) is 1.61. The molecule has 6 nitrogen and oxygen atoms in total. The zero-order chi connectivity index (χ0) is 13.1. The van der Waals surface area contributed by atoms with Crippen LogP contribution in [0, 0.1) is 0 Å². The van der Waals surface area contributed by atoms with Gasteiger partial charge in [0.1, 0.15) is 11.4 Å². The maximum Gasteiger partial charge on any atom is 0.354 e. The van der Waals surface area contributed by atoms with Crippen LogP contribution in [0.5, 0.6) is 0 Å². The van der Waals surface area contributed by atoms with Gasteiger partial charge in [-0.15, -0.1) is 0 Å². The summed E-state index contributed by atoms with van der Waals surface area (Å²) in [7, 11) is 0. The number of hydrogen-bond acceptors (Lipinski definition) is 4. The van der Waals surface area contributed by atoms with E-state index in [9.17, 15) is 9.59 Å². The van der Waals surface area contributed by atoms with Crippen LogP contribution in [0.3, 0.4) is 0 Å². The summed E-state index contributed by atoms with van der Waals surface area (Å²) in [5, 5.41) is 18.0. The SMILES string of the molecule is O=C(O)c1cccc(C(=O)N2CCCC2CO)n1. The first-order valence-electron chi connectivity index (χ1n) is 5.75. The molecule has 2 heterocycles. The Morgan fingerprint density at radius 3 is 2.78 bits per heavy atom. The van der Waals surface area contributed by atoms with Crippen molar-refractivity contribution in [2.75, 3.05) is 13.2 Å². The van der Waals surface area contributed by atoms with Crippen LogP contribution < -0.4 is 0 Å². The number of nitrogens with zero attached hydrogens (tertiary/aromatic N) is 2. The molecule has 1 aliphatic rings. The quantitative estimate of drug-likeness (QED) is 0.809. The third-order valence-electron chi connectivity index (χ3n) is 3.04. The van der Waals surface area contributed by atoms with Crippen LogP contribution >= 0.6 is 0 Å². The van der Waals surface area contributed by atoms with Gasteiger partial charge in [0.05, 0.1) is 12.6 Å². The van der Waals surface area contributed by atoms with E-state index in [0.29, 0.717) is 6.54 Å². The van der Waals surface area contributed by atoms with Crippen molar-refractivity contribution in [3.63, 3.8) is 0 Å². The van der Waals surface area contributed by atoms with Crippen molar-refractivity contribution in [1.82, 2.24) is 9.88 Å². The first-order valence-corrected chi connectivity index (χ1v) is 5.75. The number of aromatic carboxylic acids is 1. The van der Waals surface area contributed by atoms with Crippen LogP contribution in [0.25, 0.3) is 0 Å². The molecule has 0 spiro atoms. The first-order chi connectivity index (χ1) is 8.63. The summed E-state index contributed by atoms with van der Waals surface area (Å²) in [6.45, 7) is 0.493. The Morgan fingerprint density at radius 2 is 2.11 bits per heavy atom. The average molecular weight is 250 g/mol. The fraction of sp³-hybridized carbons (Fsp3) is 0.417. The van der Waals surface area contributed by atoms with Gasteiger partial charge in [-0.3, -0.25) is 4.79 Å². The Morgan fingerprint density at radius 1 is 1.39 bits per heavy atom. The predicted octanol–water partition coefficient (Wildman–Crippen LogP) is 0.377. The molecule has 1 aromatic heterocycles. The summed E-state index contributed by atoms with van der Waals surface area (Å²) in [6, 6.07) is 4.13. The lowest BCUT2D eigenvalue weighted by molar-refractivity contribution is 0.0669. The fourth-order valence-corrected chi connectivity index (χ4v) is 2.11. The number of hydrogen-bond donors (Lipinski definition) is 2. The molecule has 1 unspecified atom stereocenters. The highest BCUT2D eigenvalue weighted by Crippen LogP contribution is 2.19. The van der Waals surface area contributed by atoms with Gasteiger partial charge < -0.3 is 15.1 Å². The van der Waals surface area contributed by atoms with E-state index in [1.54, 1.807) is 4.90 Å². The Balaban J connectivity index is 2.23. The maximum absolute atomic E-state index is 12.2. The number of amides is 1. The van der Waals surface area contributed by atoms with E-state index in [4.69, 9.17) is 10.2 Å². The number of pyridine rings is 1. The highest BCUT2D eigenvalue weighted by atomic mass is 16.4. The zero-order valence-corrected chi connectivity index (χ0v) is 9.74. The standard InChI is InChI=1S/C12H14N2O4/c15-7-8-3-2-6-14(8)11(16)9-4-1-5-10(13-9)12(17)18/h1,4-5,8,15H,2-3,6-7H2,(H,17,18). The highest BCUT2D eigenvalue weighted by molar-refractivity contribution is 5.94. The lowest BCUT2D eigenvalue weighted by Crippen LogP contribution is -2.38. The summed E-state index contributed by atoms with van der Waals surface area (Å²) in [4.78, 5) is 28.3. The normalized spacial score (nSPS) is 18.9. The van der Waals surface area contributed by atoms with Crippen molar-refractivity contribution in [2.24, 2.45) is 0 Å². The van der Waals surface area contributed by atoms with Gasteiger partial charge >= 0.3 is 5.97 Å². The molecule has 1 saturated heterocycles. The summed E-state index contributed by atoms with van der Waals surface area (Å²) >= 11 is 0. The van der Waals surface area contributed by atoms with Crippen molar-refractivity contribution in [2.45, 2.75) is 18.9 Å². The molecule has 0 aliphatic carbocycles. The van der Waals surface area contributed by atoms with Gasteiger partial charge in [-0.05, 0) is 25.0 Å². The number of aliphatic hydroxyl groups is 1. The molecule has 1 atom stereocenters. The fourth-order valence-electron chi connectivity index (χ4n) is 2.11. The maximum atomic E-state index is 12.2. The minimum absolute atomic E-state index is 0.0790. The van der Waals surface area contributed by atoms with Crippen molar-refractivity contribution in [1.29, 1.82) is 0 Å². The van der Waals surface area contributed by atoms with E-state index in [2.05, 4.69) is 4.98 Å². The molecule has 0 bridgehead atoms. The van der Waals surface area contributed by atoms with E-state index in [-0.39, 0.29) is 29.9 Å². The highest BCUT2D eigenvalue weighted by Gasteiger charge is 2.29. The minimum Gasteiger partial charge on any atom is -0.477 e. The van der Waals surface area contributed by atoms with E-state index in [0.717, 1.165) is 12.8 Å². The molecule has 96 valence electrons. The summed E-state index contributed by atoms with van der Waals surface area (Å²) in [5.41, 5.74) is -0.0455. The molecule has 18 heavy (non-hydrogen) atoms. The van der Waals surface area contributed by atoms with Crippen molar-refractivity contribution in [3.8, 4) is 0 Å². The van der Waals surface area contributed by atoms with E-state index >= 15 is 0 Å². The van der Waals surface area contributed by atoms with Gasteiger partial charge in [-0.1, -0.05) is 6.07 Å². The number of rotatable bonds is 3. The molecule has 1 aliphatic heterocycles. The third kappa shape index (κ3) is 2.33. The second-order valence-corrected chi connectivity index (χ2v) is 4.19. The Labute approximate surface area is 104 Å². The predicted molar refractivity (Wildman–Crippen MR) is 62.3 cm³/mol. The van der Waals surface area contributed by atoms with Gasteiger partial charge in [0.2, 0.25) is 0 Å². The summed E-state index contributed by atoms with van der Waals surface area (Å²) in [5.74, 6) is -1.49. The van der Waals surface area contributed by atoms with Crippen LogP contribution in [0.15, 0.2) is 18.2 Å². The Bertz CT molecular complexity index is 475. The second-order valence-electron chi connectivity index (χ2n) is 4.19. The topological polar surface area (TPSA) is 90.7 Å². The van der Waals surface area contributed by atoms with Crippen LogP contribution in [0.1, 0.15) is 33.8 Å². The second kappa shape index (κ2) is 5.14. The average Bonchev–Trinajstić information content (AvgIpc) is 2.86. The van der Waals surface area contributed by atoms with Crippen molar-refractivity contribution in [3.05, 3.63) is 29.6 Å². The van der Waals surface area contributed by atoms with E-state index in [1.165, 1.54) is 18.2 Å². The molecule has 0 radical (unpaired) electrons. The molecule has 0 saturated carbocycles. The van der Waals surface area contributed by atoms with Crippen LogP contribution in [-0.2, 0) is 0 Å². The number of aliphatic hydroxyl groups excluding tert-OH is 1. The summed E-state index contributed by atoms with van der Waals surface area (Å²) < 4.78 is 0. The molecule has 1 aromatic rings.